The number of ether oxygens (including phenoxy) is 1. The highest BCUT2D eigenvalue weighted by Gasteiger charge is 2.09. The van der Waals surface area contributed by atoms with Gasteiger partial charge in [0.15, 0.2) is 0 Å². The number of hydrogen-bond donors (Lipinski definition) is 1. The highest BCUT2D eigenvalue weighted by Crippen LogP contribution is 2.07. The van der Waals surface area contributed by atoms with E-state index in [-0.39, 0.29) is 23.3 Å². The van der Waals surface area contributed by atoms with Gasteiger partial charge in [0.25, 0.3) is 5.56 Å². The maximum Gasteiger partial charge on any atom is 0.414 e. The van der Waals surface area contributed by atoms with Gasteiger partial charge in [0.2, 0.25) is 5.95 Å². The van der Waals surface area contributed by atoms with Crippen LogP contribution in [0.15, 0.2) is 41.2 Å². The lowest BCUT2D eigenvalue weighted by molar-refractivity contribution is 0.155. The van der Waals surface area contributed by atoms with Crippen LogP contribution in [0.2, 0.25) is 5.15 Å². The van der Waals surface area contributed by atoms with Gasteiger partial charge in [0.05, 0.1) is 0 Å². The summed E-state index contributed by atoms with van der Waals surface area (Å²) in [7, 11) is 1.47. The van der Waals surface area contributed by atoms with E-state index in [1.54, 1.807) is 0 Å². The lowest BCUT2D eigenvalue weighted by Crippen LogP contribution is -2.24. The van der Waals surface area contributed by atoms with Crippen molar-refractivity contribution < 1.29 is 9.53 Å². The van der Waals surface area contributed by atoms with Crippen LogP contribution in [0.5, 0.6) is 0 Å². The van der Waals surface area contributed by atoms with Crippen molar-refractivity contribution in [1.82, 2.24) is 9.55 Å². The molecule has 1 aromatic carbocycles. The van der Waals surface area contributed by atoms with E-state index in [4.69, 9.17) is 16.3 Å². The number of anilines is 1. The lowest BCUT2D eigenvalue weighted by atomic mass is 10.2. The maximum atomic E-state index is 11.6. The zero-order valence-electron chi connectivity index (χ0n) is 10.7. The molecule has 0 aliphatic carbocycles. The van der Waals surface area contributed by atoms with Gasteiger partial charge in [-0.3, -0.25) is 14.7 Å². The van der Waals surface area contributed by atoms with Gasteiger partial charge in [0, 0.05) is 13.1 Å². The van der Waals surface area contributed by atoms with Gasteiger partial charge in [-0.1, -0.05) is 41.9 Å². The van der Waals surface area contributed by atoms with Gasteiger partial charge in [0.1, 0.15) is 11.8 Å². The van der Waals surface area contributed by atoms with Crippen LogP contribution in [-0.2, 0) is 18.4 Å². The summed E-state index contributed by atoms with van der Waals surface area (Å²) in [6.45, 7) is 0.126. The van der Waals surface area contributed by atoms with E-state index in [1.165, 1.54) is 7.05 Å². The Morgan fingerprint density at radius 3 is 2.80 bits per heavy atom. The number of carbonyl (C=O) groups is 1. The summed E-state index contributed by atoms with van der Waals surface area (Å²) >= 11 is 5.66. The Balaban J connectivity index is 2.00. The van der Waals surface area contributed by atoms with E-state index in [0.717, 1.165) is 16.2 Å². The fourth-order valence-electron chi connectivity index (χ4n) is 1.47. The number of aromatic nitrogens is 2. The smallest absolute Gasteiger partial charge is 0.414 e. The molecule has 104 valence electrons. The first-order valence-electron chi connectivity index (χ1n) is 5.77. The van der Waals surface area contributed by atoms with Gasteiger partial charge in [-0.15, -0.1) is 0 Å². The topological polar surface area (TPSA) is 73.2 Å². The maximum absolute atomic E-state index is 11.6. The molecule has 1 heterocycles. The first-order chi connectivity index (χ1) is 9.56. The second-order valence-corrected chi connectivity index (χ2v) is 4.37. The fourth-order valence-corrected chi connectivity index (χ4v) is 1.65. The minimum Gasteiger partial charge on any atom is -0.444 e. The normalized spacial score (nSPS) is 10.1. The summed E-state index contributed by atoms with van der Waals surface area (Å²) in [6.07, 6.45) is -0.710. The lowest BCUT2D eigenvalue weighted by Gasteiger charge is -2.09. The molecule has 0 radical (unpaired) electrons. The first kappa shape index (κ1) is 14.1. The van der Waals surface area contributed by atoms with E-state index >= 15 is 0 Å². The summed E-state index contributed by atoms with van der Waals surface area (Å²) in [5, 5.41) is 2.37. The molecule has 6 nitrogen and oxygen atoms in total. The quantitative estimate of drug-likeness (QED) is 0.880. The third kappa shape index (κ3) is 3.58. The standard InChI is InChI=1S/C13H12ClN3O3/c1-17-11(18)7-10(14)15-12(17)16-13(19)20-8-9-5-3-2-4-6-9/h2-7H,8H2,1H3,(H,15,16,19). The summed E-state index contributed by atoms with van der Waals surface area (Å²) in [5.41, 5.74) is 0.485. The molecule has 0 aliphatic heterocycles. The Bertz CT molecular complexity index is 670. The van der Waals surface area contributed by atoms with Crippen molar-refractivity contribution >= 4 is 23.6 Å². The molecule has 0 fully saturated rings. The number of hydrogen-bond acceptors (Lipinski definition) is 4. The summed E-state index contributed by atoms with van der Waals surface area (Å²) in [6, 6.07) is 10.4. The highest BCUT2D eigenvalue weighted by atomic mass is 35.5. The molecule has 2 rings (SSSR count). The molecule has 7 heteroatoms. The summed E-state index contributed by atoms with van der Waals surface area (Å²) in [4.78, 5) is 26.9. The van der Waals surface area contributed by atoms with Crippen LogP contribution < -0.4 is 10.9 Å². The second-order valence-electron chi connectivity index (χ2n) is 3.99. The Labute approximate surface area is 120 Å². The molecule has 20 heavy (non-hydrogen) atoms. The van der Waals surface area contributed by atoms with Crippen molar-refractivity contribution in [1.29, 1.82) is 0 Å². The largest absolute Gasteiger partial charge is 0.444 e. The van der Waals surface area contributed by atoms with Crippen molar-refractivity contribution in [3.8, 4) is 0 Å². The van der Waals surface area contributed by atoms with E-state index in [0.29, 0.717) is 0 Å². The van der Waals surface area contributed by atoms with Crippen LogP contribution in [0.4, 0.5) is 10.7 Å². The molecule has 1 N–H and O–H groups in total. The number of rotatable bonds is 3. The Kier molecular flexibility index (Phi) is 4.37. The zero-order chi connectivity index (χ0) is 14.5. The van der Waals surface area contributed by atoms with Crippen molar-refractivity contribution in [3.05, 3.63) is 57.5 Å². The van der Waals surface area contributed by atoms with Crippen LogP contribution in [0, 0.1) is 0 Å². The van der Waals surface area contributed by atoms with Crippen LogP contribution >= 0.6 is 11.6 Å². The molecule has 1 amide bonds. The van der Waals surface area contributed by atoms with Gasteiger partial charge < -0.3 is 4.74 Å². The number of halogens is 1. The van der Waals surface area contributed by atoms with E-state index in [1.807, 2.05) is 30.3 Å². The number of nitrogens with one attached hydrogen (secondary N) is 1. The SMILES string of the molecule is Cn1c(NC(=O)OCc2ccccc2)nc(Cl)cc1=O. The Morgan fingerprint density at radius 2 is 2.10 bits per heavy atom. The predicted molar refractivity (Wildman–Crippen MR) is 74.7 cm³/mol. The minimum absolute atomic E-state index is 0.00598. The Morgan fingerprint density at radius 1 is 1.40 bits per heavy atom. The number of carbonyl (C=O) groups excluding carboxylic acids is 1. The molecule has 0 saturated carbocycles. The van der Waals surface area contributed by atoms with Gasteiger partial charge >= 0.3 is 6.09 Å². The van der Waals surface area contributed by atoms with Crippen LogP contribution in [0.25, 0.3) is 0 Å². The molecule has 0 aliphatic rings. The zero-order valence-corrected chi connectivity index (χ0v) is 11.4. The third-order valence-electron chi connectivity index (χ3n) is 2.53. The number of amides is 1. The predicted octanol–water partition coefficient (Wildman–Crippen LogP) is 2.18. The summed E-state index contributed by atoms with van der Waals surface area (Å²) < 4.78 is 6.18. The van der Waals surface area contributed by atoms with E-state index < -0.39 is 6.09 Å². The molecule has 1 aromatic heterocycles. The van der Waals surface area contributed by atoms with Crippen molar-refractivity contribution in [2.45, 2.75) is 6.61 Å². The minimum atomic E-state index is -0.710. The fraction of sp³-hybridized carbons (Fsp3) is 0.154. The number of benzene rings is 1. The number of nitrogens with zero attached hydrogens (tertiary/aromatic N) is 2. The van der Waals surface area contributed by atoms with E-state index in [9.17, 15) is 9.59 Å². The molecule has 0 saturated heterocycles. The molecule has 2 aromatic rings. The average molecular weight is 294 g/mol. The van der Waals surface area contributed by atoms with Crippen molar-refractivity contribution in [2.24, 2.45) is 7.05 Å². The van der Waals surface area contributed by atoms with Gasteiger partial charge in [-0.25, -0.2) is 9.78 Å². The van der Waals surface area contributed by atoms with E-state index in [2.05, 4.69) is 10.3 Å². The summed E-state index contributed by atoms with van der Waals surface area (Å²) in [5.74, 6) is 0.0283. The van der Waals surface area contributed by atoms with Crippen molar-refractivity contribution in [2.75, 3.05) is 5.32 Å². The first-order valence-corrected chi connectivity index (χ1v) is 6.15. The third-order valence-corrected chi connectivity index (χ3v) is 2.72. The second kappa shape index (κ2) is 6.21. The monoisotopic (exact) mass is 293 g/mol. The molecular formula is C13H12ClN3O3. The Hall–Kier alpha value is -2.34. The van der Waals surface area contributed by atoms with Crippen LogP contribution in [0.1, 0.15) is 5.56 Å². The molecule has 0 bridgehead atoms. The van der Waals surface area contributed by atoms with Crippen LogP contribution in [0.3, 0.4) is 0 Å². The van der Waals surface area contributed by atoms with Gasteiger partial charge in [-0.05, 0) is 5.56 Å². The molecule has 0 atom stereocenters. The molecule has 0 spiro atoms. The molecule has 0 unspecified atom stereocenters. The molecular weight excluding hydrogens is 282 g/mol. The van der Waals surface area contributed by atoms with Gasteiger partial charge in [-0.2, -0.15) is 0 Å². The average Bonchev–Trinajstić information content (AvgIpc) is 2.43. The van der Waals surface area contributed by atoms with Crippen LogP contribution in [-0.4, -0.2) is 15.6 Å². The highest BCUT2D eigenvalue weighted by molar-refractivity contribution is 6.29. The van der Waals surface area contributed by atoms with Crippen molar-refractivity contribution in [3.63, 3.8) is 0 Å².